The second-order valence-corrected chi connectivity index (χ2v) is 4.81. The molecule has 0 fully saturated rings. The Morgan fingerprint density at radius 1 is 1.61 bits per heavy atom. The van der Waals surface area contributed by atoms with Gasteiger partial charge in [-0.2, -0.15) is 11.8 Å². The molecule has 1 aromatic carbocycles. The van der Waals surface area contributed by atoms with E-state index in [9.17, 15) is 14.0 Å². The van der Waals surface area contributed by atoms with Gasteiger partial charge in [-0.25, -0.2) is 9.18 Å². The van der Waals surface area contributed by atoms with Crippen molar-refractivity contribution in [1.82, 2.24) is 5.32 Å². The van der Waals surface area contributed by atoms with E-state index in [2.05, 4.69) is 5.32 Å². The molecule has 1 rings (SSSR count). The van der Waals surface area contributed by atoms with Gasteiger partial charge in [0.1, 0.15) is 11.9 Å². The van der Waals surface area contributed by atoms with Crippen LogP contribution in [0.4, 0.5) is 4.39 Å². The van der Waals surface area contributed by atoms with Crippen LogP contribution in [0.15, 0.2) is 18.2 Å². The predicted octanol–water partition coefficient (Wildman–Crippen LogP) is 1.91. The van der Waals surface area contributed by atoms with Crippen LogP contribution in [0.25, 0.3) is 0 Å². The maximum absolute atomic E-state index is 13.1. The standard InChI is InChI=1S/C11H11ClFNO3S/c12-10-7(2-1-3-8(10)13)4-18-5-9(11(16)17)14-6-15/h1-3,6,9H,4-5H2,(H,14,15)(H,16,17). The van der Waals surface area contributed by atoms with E-state index in [0.29, 0.717) is 17.7 Å². The molecule has 7 heteroatoms. The molecule has 2 N–H and O–H groups in total. The van der Waals surface area contributed by atoms with Crippen LogP contribution in [0.3, 0.4) is 0 Å². The number of rotatable bonds is 7. The second-order valence-electron chi connectivity index (χ2n) is 3.40. The first-order valence-electron chi connectivity index (χ1n) is 4.99. The summed E-state index contributed by atoms with van der Waals surface area (Å²) in [4.78, 5) is 20.9. The first-order valence-corrected chi connectivity index (χ1v) is 6.52. The molecule has 1 amide bonds. The van der Waals surface area contributed by atoms with Crippen molar-refractivity contribution < 1.29 is 19.1 Å². The topological polar surface area (TPSA) is 66.4 Å². The van der Waals surface area contributed by atoms with Crippen LogP contribution in [0.1, 0.15) is 5.56 Å². The van der Waals surface area contributed by atoms with Crippen molar-refractivity contribution in [3.63, 3.8) is 0 Å². The van der Waals surface area contributed by atoms with Crippen molar-refractivity contribution in [2.24, 2.45) is 0 Å². The van der Waals surface area contributed by atoms with Crippen LogP contribution in [0.2, 0.25) is 5.02 Å². The zero-order chi connectivity index (χ0) is 13.5. The van der Waals surface area contributed by atoms with E-state index < -0.39 is 17.8 Å². The predicted molar refractivity (Wildman–Crippen MR) is 68.2 cm³/mol. The molecule has 0 aliphatic rings. The zero-order valence-corrected chi connectivity index (χ0v) is 10.8. The number of hydrogen-bond acceptors (Lipinski definition) is 3. The van der Waals surface area contributed by atoms with Crippen LogP contribution in [-0.2, 0) is 15.3 Å². The molecular formula is C11H11ClFNO3S. The summed E-state index contributed by atoms with van der Waals surface area (Å²) in [5.74, 6) is -1.06. The Kier molecular flexibility index (Phi) is 5.94. The average Bonchev–Trinajstić information content (AvgIpc) is 2.33. The van der Waals surface area contributed by atoms with Gasteiger partial charge < -0.3 is 10.4 Å². The molecule has 0 radical (unpaired) electrons. The smallest absolute Gasteiger partial charge is 0.327 e. The molecule has 0 aliphatic carbocycles. The molecule has 1 atom stereocenters. The first kappa shape index (κ1) is 14.8. The fraction of sp³-hybridized carbons (Fsp3) is 0.273. The number of aliphatic carboxylic acids is 1. The lowest BCUT2D eigenvalue weighted by molar-refractivity contribution is -0.139. The number of amides is 1. The lowest BCUT2D eigenvalue weighted by atomic mass is 10.2. The third-order valence-electron chi connectivity index (χ3n) is 2.14. The molecule has 0 aromatic heterocycles. The van der Waals surface area contributed by atoms with Gasteiger partial charge in [0.05, 0.1) is 5.02 Å². The number of hydrogen-bond donors (Lipinski definition) is 2. The summed E-state index contributed by atoms with van der Waals surface area (Å²) in [5.41, 5.74) is 0.594. The molecule has 0 heterocycles. The van der Waals surface area contributed by atoms with Crippen molar-refractivity contribution in [1.29, 1.82) is 0 Å². The van der Waals surface area contributed by atoms with Crippen molar-refractivity contribution >= 4 is 35.7 Å². The minimum absolute atomic E-state index is 0.0419. The molecule has 1 aromatic rings. The van der Waals surface area contributed by atoms with Gasteiger partial charge in [-0.05, 0) is 11.6 Å². The normalized spacial score (nSPS) is 11.9. The number of nitrogens with one attached hydrogen (secondary N) is 1. The minimum atomic E-state index is -1.11. The Morgan fingerprint density at radius 2 is 2.33 bits per heavy atom. The monoisotopic (exact) mass is 291 g/mol. The zero-order valence-electron chi connectivity index (χ0n) is 9.23. The Hall–Kier alpha value is -1.27. The number of carbonyl (C=O) groups excluding carboxylic acids is 1. The minimum Gasteiger partial charge on any atom is -0.480 e. The quantitative estimate of drug-likeness (QED) is 0.753. The van der Waals surface area contributed by atoms with Crippen LogP contribution < -0.4 is 5.32 Å². The van der Waals surface area contributed by atoms with Gasteiger partial charge in [0, 0.05) is 11.5 Å². The third-order valence-corrected chi connectivity index (χ3v) is 3.65. The maximum atomic E-state index is 13.1. The number of halogens is 2. The molecule has 0 saturated carbocycles. The summed E-state index contributed by atoms with van der Waals surface area (Å²) in [6.07, 6.45) is 0.342. The van der Waals surface area contributed by atoms with Gasteiger partial charge in [0.2, 0.25) is 6.41 Å². The van der Waals surface area contributed by atoms with Gasteiger partial charge in [0.25, 0.3) is 0 Å². The second kappa shape index (κ2) is 7.23. The van der Waals surface area contributed by atoms with Gasteiger partial charge >= 0.3 is 5.97 Å². The van der Waals surface area contributed by atoms with Gasteiger partial charge in [0.15, 0.2) is 0 Å². The molecule has 4 nitrogen and oxygen atoms in total. The fourth-order valence-corrected chi connectivity index (χ4v) is 2.54. The largest absolute Gasteiger partial charge is 0.480 e. The Balaban J connectivity index is 2.52. The van der Waals surface area contributed by atoms with E-state index in [-0.39, 0.29) is 10.8 Å². The number of carbonyl (C=O) groups is 2. The van der Waals surface area contributed by atoms with E-state index in [1.165, 1.54) is 23.9 Å². The number of carboxylic acids is 1. The van der Waals surface area contributed by atoms with E-state index in [1.807, 2.05) is 0 Å². The lowest BCUT2D eigenvalue weighted by Crippen LogP contribution is -2.37. The molecule has 0 aliphatic heterocycles. The Bertz CT molecular complexity index is 444. The number of thioether (sulfide) groups is 1. The number of benzene rings is 1. The summed E-state index contributed by atoms with van der Waals surface area (Å²) in [6, 6.07) is 3.50. The van der Waals surface area contributed by atoms with Gasteiger partial charge in [-0.15, -0.1) is 0 Å². The first-order chi connectivity index (χ1) is 8.56. The molecule has 18 heavy (non-hydrogen) atoms. The van der Waals surface area contributed by atoms with Crippen LogP contribution >= 0.6 is 23.4 Å². The van der Waals surface area contributed by atoms with Crippen LogP contribution in [0, 0.1) is 5.82 Å². The Labute approximate surface area is 113 Å². The summed E-state index contributed by atoms with van der Waals surface area (Å²) >= 11 is 7.01. The van der Waals surface area contributed by atoms with E-state index in [1.54, 1.807) is 6.07 Å². The lowest BCUT2D eigenvalue weighted by Gasteiger charge is -2.11. The summed E-state index contributed by atoms with van der Waals surface area (Å²) in [7, 11) is 0. The van der Waals surface area contributed by atoms with Gasteiger partial charge in [-0.3, -0.25) is 4.79 Å². The van der Waals surface area contributed by atoms with E-state index >= 15 is 0 Å². The van der Waals surface area contributed by atoms with Crippen molar-refractivity contribution in [3.8, 4) is 0 Å². The SMILES string of the molecule is O=CNC(CSCc1cccc(F)c1Cl)C(=O)O. The van der Waals surface area contributed by atoms with Crippen molar-refractivity contribution in [2.75, 3.05) is 5.75 Å². The molecule has 98 valence electrons. The average molecular weight is 292 g/mol. The highest BCUT2D eigenvalue weighted by Crippen LogP contribution is 2.24. The Morgan fingerprint density at radius 3 is 2.94 bits per heavy atom. The number of carboxylic acid groups (broad SMARTS) is 1. The third kappa shape index (κ3) is 4.19. The van der Waals surface area contributed by atoms with Crippen molar-refractivity contribution in [2.45, 2.75) is 11.8 Å². The highest BCUT2D eigenvalue weighted by atomic mass is 35.5. The molecule has 1 unspecified atom stereocenters. The highest BCUT2D eigenvalue weighted by Gasteiger charge is 2.16. The fourth-order valence-electron chi connectivity index (χ4n) is 1.22. The summed E-state index contributed by atoms with van der Waals surface area (Å²) < 4.78 is 13.1. The highest BCUT2D eigenvalue weighted by molar-refractivity contribution is 7.98. The van der Waals surface area contributed by atoms with E-state index in [4.69, 9.17) is 16.7 Å². The maximum Gasteiger partial charge on any atom is 0.327 e. The van der Waals surface area contributed by atoms with Crippen LogP contribution in [-0.4, -0.2) is 29.3 Å². The van der Waals surface area contributed by atoms with E-state index in [0.717, 1.165) is 0 Å². The molecule has 0 spiro atoms. The van der Waals surface area contributed by atoms with Crippen LogP contribution in [0.5, 0.6) is 0 Å². The summed E-state index contributed by atoms with van der Waals surface area (Å²) in [6.45, 7) is 0. The molecule has 0 saturated heterocycles. The summed E-state index contributed by atoms with van der Waals surface area (Å²) in [5, 5.41) is 11.0. The molecular weight excluding hydrogens is 281 g/mol. The molecule has 0 bridgehead atoms. The van der Waals surface area contributed by atoms with Gasteiger partial charge in [-0.1, -0.05) is 23.7 Å². The van der Waals surface area contributed by atoms with Crippen molar-refractivity contribution in [3.05, 3.63) is 34.6 Å².